The van der Waals surface area contributed by atoms with Crippen molar-refractivity contribution in [1.29, 1.82) is 0 Å². The summed E-state index contributed by atoms with van der Waals surface area (Å²) in [6.07, 6.45) is 2.19. The summed E-state index contributed by atoms with van der Waals surface area (Å²) in [5.41, 5.74) is 2.66. The van der Waals surface area contributed by atoms with Crippen LogP contribution < -0.4 is 88.7 Å². The van der Waals surface area contributed by atoms with Crippen LogP contribution in [-0.2, 0) is 29.7 Å². The largest absolute Gasteiger partial charge is 1.00 e. The average molecular weight is 977 g/mol. The topological polar surface area (TPSA) is 234 Å². The van der Waals surface area contributed by atoms with Gasteiger partial charge in [-0.25, -0.2) is 16.8 Å². The van der Waals surface area contributed by atoms with Crippen molar-refractivity contribution in [3.63, 3.8) is 0 Å². The molecule has 0 fully saturated rings. The van der Waals surface area contributed by atoms with Gasteiger partial charge in [0, 0.05) is 48.1 Å². The van der Waals surface area contributed by atoms with Crippen molar-refractivity contribution in [1.82, 2.24) is 9.80 Å². The number of anilines is 2. The molecule has 0 aliphatic carbocycles. The van der Waals surface area contributed by atoms with Crippen molar-refractivity contribution in [2.45, 2.75) is 54.3 Å². The number of ether oxygens (including phenoxy) is 6. The summed E-state index contributed by atoms with van der Waals surface area (Å²) in [5.74, 6) is 0.714. The van der Waals surface area contributed by atoms with Gasteiger partial charge in [-0.15, -0.1) is 0 Å². The molecule has 0 saturated carbocycles. The Morgan fingerprint density at radius 3 is 1.19 bits per heavy atom. The zero-order chi connectivity index (χ0) is 46.2. The normalized spacial score (nSPS) is 21.8. The third kappa shape index (κ3) is 10.7. The summed E-state index contributed by atoms with van der Waals surface area (Å²) >= 11 is 0. The molecule has 4 aliphatic heterocycles. The van der Waals surface area contributed by atoms with Crippen LogP contribution in [0.5, 0.6) is 23.0 Å². The molecule has 22 heteroatoms. The third-order valence-corrected chi connectivity index (χ3v) is 13.9. The van der Waals surface area contributed by atoms with E-state index in [2.05, 4.69) is 10.6 Å². The van der Waals surface area contributed by atoms with Gasteiger partial charge in [0.25, 0.3) is 11.8 Å². The number of hydrogen-bond donors (Lipinski definition) is 2. The molecule has 0 radical (unpaired) electrons. The van der Waals surface area contributed by atoms with Crippen molar-refractivity contribution in [3.8, 4) is 23.0 Å². The van der Waals surface area contributed by atoms with E-state index in [9.17, 15) is 35.5 Å². The van der Waals surface area contributed by atoms with Crippen LogP contribution in [0.4, 0.5) is 11.4 Å². The van der Waals surface area contributed by atoms with Gasteiger partial charge in [-0.3, -0.25) is 9.59 Å². The van der Waals surface area contributed by atoms with Crippen molar-refractivity contribution in [2.24, 2.45) is 0 Å². The molecule has 4 heterocycles. The van der Waals surface area contributed by atoms with Gasteiger partial charge in [0.1, 0.15) is 78.3 Å². The molecule has 344 valence electrons. The fourth-order valence-corrected chi connectivity index (χ4v) is 10.4. The van der Waals surface area contributed by atoms with Crippen LogP contribution in [0.25, 0.3) is 11.1 Å². The van der Waals surface area contributed by atoms with E-state index < -0.39 is 67.1 Å². The summed E-state index contributed by atoms with van der Waals surface area (Å²) in [6, 6.07) is 20.2. The van der Waals surface area contributed by atoms with E-state index in [0.29, 0.717) is 64.5 Å². The number of nitrogens with zero attached hydrogens (tertiary/aromatic N) is 2. The Labute approximate surface area is 433 Å². The molecule has 4 aliphatic rings. The van der Waals surface area contributed by atoms with Crippen molar-refractivity contribution in [3.05, 3.63) is 120 Å². The van der Waals surface area contributed by atoms with E-state index in [1.165, 1.54) is 74.9 Å². The van der Waals surface area contributed by atoms with E-state index in [-0.39, 0.29) is 94.8 Å². The Bertz CT molecular complexity index is 2570. The molecule has 0 spiro atoms. The molecule has 0 aromatic heterocycles. The van der Waals surface area contributed by atoms with E-state index in [0.717, 1.165) is 0 Å². The maximum atomic E-state index is 14.2. The van der Waals surface area contributed by atoms with Crippen molar-refractivity contribution < 1.29 is 123 Å². The maximum absolute atomic E-state index is 14.2. The number of nitrogens with one attached hydrogen (secondary N) is 2. The molecule has 8 rings (SSSR count). The quantitative estimate of drug-likeness (QED) is 0.0754. The molecule has 0 bridgehead atoms. The first kappa shape index (κ1) is 52.2. The van der Waals surface area contributed by atoms with Crippen LogP contribution in [0.2, 0.25) is 0 Å². The SMILES string of the molecule is COc1ccc(C2=CN3C(=O)c4cc(OC)ccc4NC(S(=O)(=O)[O-])[C@@H]3C2OCCCCCOC2C(c3ccc(OC)cc3)=CN3C(=O)c4cc(OC)ccc4NC(S(=O)(=O)[O-])[C@H]23)cc1.[Na+].[Na+]. The monoisotopic (exact) mass is 976 g/mol. The van der Waals surface area contributed by atoms with Gasteiger partial charge < -0.3 is 58.0 Å². The minimum Gasteiger partial charge on any atom is -0.746 e. The summed E-state index contributed by atoms with van der Waals surface area (Å²) in [5, 5.41) is 2.04. The predicted molar refractivity (Wildman–Crippen MR) is 235 cm³/mol. The zero-order valence-corrected chi connectivity index (χ0v) is 43.3. The summed E-state index contributed by atoms with van der Waals surface area (Å²) in [6.45, 7) is 0.132. The van der Waals surface area contributed by atoms with Crippen LogP contribution in [-0.4, -0.2) is 124 Å². The Morgan fingerprint density at radius 2 is 0.866 bits per heavy atom. The first-order chi connectivity index (χ1) is 31.1. The minimum absolute atomic E-state index is 0. The number of carbonyl (C=O) groups excluding carboxylic acids is 2. The number of amides is 2. The van der Waals surface area contributed by atoms with E-state index in [4.69, 9.17) is 28.4 Å². The standard InChI is InChI=1S/C45H48N4O14S2.2Na/c1-58-28-12-8-26(9-13-28)34-24-48-38(42(64(52,53)54)46-36-18-16-30(60-3)22-32(36)44(48)50)40(34)62-20-6-5-7-21-63-41-35(27-10-14-29(59-2)15-11-27)25-49-39(41)43(65(55,56)57)47-37-19-17-31(61-4)23-33(37)45(49)51;;/h8-19,22-25,38-43,46-47H,5-7,20-21H2,1-4H3,(H,52,53,54)(H,55,56,57);;/q;2*+1/p-2/t38-,39-,40?,41?,42?,43?;;/m0../s1. The summed E-state index contributed by atoms with van der Waals surface area (Å²) in [7, 11) is -4.30. The molecule has 4 aromatic carbocycles. The molecule has 6 atom stereocenters. The molecular weight excluding hydrogens is 931 g/mol. The Kier molecular flexibility index (Phi) is 16.9. The maximum Gasteiger partial charge on any atom is 1.00 e. The Morgan fingerprint density at radius 1 is 0.522 bits per heavy atom. The molecule has 2 N–H and O–H groups in total. The molecule has 67 heavy (non-hydrogen) atoms. The van der Waals surface area contributed by atoms with Gasteiger partial charge in [-0.2, -0.15) is 0 Å². The first-order valence-corrected chi connectivity index (χ1v) is 23.5. The molecule has 4 aromatic rings. The molecule has 0 saturated heterocycles. The number of unbranched alkanes of at least 4 members (excludes halogenated alkanes) is 2. The minimum atomic E-state index is -5.10. The van der Waals surface area contributed by atoms with E-state index >= 15 is 0 Å². The molecule has 18 nitrogen and oxygen atoms in total. The average Bonchev–Trinajstić information content (AvgIpc) is 3.79. The summed E-state index contributed by atoms with van der Waals surface area (Å²) < 4.78 is 112. The van der Waals surface area contributed by atoms with Gasteiger partial charge in [-0.05, 0) is 91.1 Å². The van der Waals surface area contributed by atoms with Gasteiger partial charge in [0.15, 0.2) is 0 Å². The van der Waals surface area contributed by atoms with Crippen LogP contribution in [0.1, 0.15) is 51.1 Å². The van der Waals surface area contributed by atoms with Crippen molar-refractivity contribution >= 4 is 54.6 Å². The number of hydrogen-bond acceptors (Lipinski definition) is 16. The summed E-state index contributed by atoms with van der Waals surface area (Å²) in [4.78, 5) is 30.8. The third-order valence-electron chi connectivity index (χ3n) is 11.9. The van der Waals surface area contributed by atoms with E-state index in [1.54, 1.807) is 60.7 Å². The predicted octanol–water partition coefficient (Wildman–Crippen LogP) is -1.31. The molecular formula is C45H46N4Na2O14S2. The van der Waals surface area contributed by atoms with Crippen LogP contribution in [0.3, 0.4) is 0 Å². The second-order valence-electron chi connectivity index (χ2n) is 15.6. The zero-order valence-electron chi connectivity index (χ0n) is 37.7. The van der Waals surface area contributed by atoms with Crippen LogP contribution in [0.15, 0.2) is 97.3 Å². The fraction of sp³-hybridized carbons (Fsp3) is 0.333. The fourth-order valence-electron chi connectivity index (χ4n) is 8.65. The Hall–Kier alpha value is -4.16. The smallest absolute Gasteiger partial charge is 0.746 e. The number of benzene rings is 4. The number of fused-ring (bicyclic) bond motifs is 4. The number of carbonyl (C=O) groups is 2. The second kappa shape index (κ2) is 21.6. The molecule has 2 amide bonds. The Balaban J connectivity index is 0.00000370. The van der Waals surface area contributed by atoms with Gasteiger partial charge in [0.2, 0.25) is 0 Å². The van der Waals surface area contributed by atoms with E-state index in [1.807, 2.05) is 0 Å². The van der Waals surface area contributed by atoms with Crippen LogP contribution in [0, 0.1) is 0 Å². The van der Waals surface area contributed by atoms with Gasteiger partial charge in [-0.1, -0.05) is 24.3 Å². The number of rotatable bonds is 16. The van der Waals surface area contributed by atoms with Gasteiger partial charge >= 0.3 is 59.1 Å². The first-order valence-electron chi connectivity index (χ1n) is 20.5. The second-order valence-corrected chi connectivity index (χ2v) is 18.6. The van der Waals surface area contributed by atoms with Gasteiger partial charge in [0.05, 0.1) is 39.6 Å². The van der Waals surface area contributed by atoms with Crippen molar-refractivity contribution in [2.75, 3.05) is 52.3 Å². The number of methoxy groups -OCH3 is 4. The van der Waals surface area contributed by atoms with Crippen LogP contribution >= 0.6 is 0 Å². The molecule has 4 unspecified atom stereocenters.